The molecule has 3 aromatic heterocycles. The van der Waals surface area contributed by atoms with E-state index in [1.165, 1.54) is 23.9 Å². The van der Waals surface area contributed by atoms with Crippen LogP contribution >= 0.6 is 35.0 Å². The maximum Gasteiger partial charge on any atom is 0.222 e. The first-order valence-electron chi connectivity index (χ1n) is 10.1. The molecule has 5 aromatic rings. The third-order valence-corrected chi connectivity index (χ3v) is 6.86. The minimum absolute atomic E-state index is 0.00853. The predicted molar refractivity (Wildman–Crippen MR) is 131 cm³/mol. The highest BCUT2D eigenvalue weighted by Crippen LogP contribution is 2.36. The molecule has 0 spiro atoms. The highest BCUT2D eigenvalue weighted by molar-refractivity contribution is 7.99. The molecule has 0 unspecified atom stereocenters. The molecule has 0 amide bonds. The van der Waals surface area contributed by atoms with Crippen LogP contribution in [0.15, 0.2) is 46.7 Å². The highest BCUT2D eigenvalue weighted by atomic mass is 35.5. The van der Waals surface area contributed by atoms with Gasteiger partial charge in [-0.3, -0.25) is 13.9 Å². The Labute approximate surface area is 206 Å². The lowest BCUT2D eigenvalue weighted by molar-refractivity contribution is 0.112. The van der Waals surface area contributed by atoms with E-state index in [4.69, 9.17) is 38.9 Å². The van der Waals surface area contributed by atoms with E-state index in [1.54, 1.807) is 33.5 Å². The number of carbonyl (C=O) groups is 1. The van der Waals surface area contributed by atoms with Crippen molar-refractivity contribution in [1.29, 1.82) is 0 Å². The Morgan fingerprint density at radius 1 is 1.09 bits per heavy atom. The minimum Gasteiger partial charge on any atom is -0.368 e. The maximum absolute atomic E-state index is 14.2. The van der Waals surface area contributed by atoms with Gasteiger partial charge in [0.2, 0.25) is 5.95 Å². The SMILES string of the molecule is CC(C)n1c(N)nnc1Sc1nc2cc(Cl)c(Cl)cc2nc1-n1cc(C=O)c2ccc(F)cc21. The lowest BCUT2D eigenvalue weighted by Gasteiger charge is -2.14. The number of carbonyl (C=O) groups excluding carboxylic acids is 1. The summed E-state index contributed by atoms with van der Waals surface area (Å²) < 4.78 is 17.6. The number of fused-ring (bicyclic) bond motifs is 2. The Balaban J connectivity index is 1.81. The van der Waals surface area contributed by atoms with Crippen LogP contribution in [0.1, 0.15) is 30.2 Å². The fourth-order valence-corrected chi connectivity index (χ4v) is 5.03. The van der Waals surface area contributed by atoms with Crippen LogP contribution in [0.3, 0.4) is 0 Å². The topological polar surface area (TPSA) is 105 Å². The van der Waals surface area contributed by atoms with Crippen LogP contribution in [0.4, 0.5) is 10.3 Å². The molecule has 0 saturated carbocycles. The summed E-state index contributed by atoms with van der Waals surface area (Å²) in [7, 11) is 0. The van der Waals surface area contributed by atoms with Crippen LogP contribution in [0, 0.1) is 5.82 Å². The van der Waals surface area contributed by atoms with E-state index in [1.807, 2.05) is 13.8 Å². The molecule has 0 fully saturated rings. The molecule has 172 valence electrons. The Bertz CT molecular complexity index is 1600. The van der Waals surface area contributed by atoms with Crippen LogP contribution in [-0.2, 0) is 0 Å². The van der Waals surface area contributed by atoms with Gasteiger partial charge in [0, 0.05) is 23.2 Å². The van der Waals surface area contributed by atoms with Crippen molar-refractivity contribution < 1.29 is 9.18 Å². The summed E-state index contributed by atoms with van der Waals surface area (Å²) in [5.41, 5.74) is 7.83. The molecule has 0 aliphatic rings. The van der Waals surface area contributed by atoms with Crippen LogP contribution in [0.25, 0.3) is 27.8 Å². The van der Waals surface area contributed by atoms with Crippen LogP contribution in [0.5, 0.6) is 0 Å². The predicted octanol–water partition coefficient (Wildman–Crippen LogP) is 5.74. The number of nitrogens with two attached hydrogens (primary N) is 1. The molecular weight excluding hydrogens is 500 g/mol. The van der Waals surface area contributed by atoms with Crippen LogP contribution in [0.2, 0.25) is 10.0 Å². The van der Waals surface area contributed by atoms with Gasteiger partial charge >= 0.3 is 0 Å². The number of anilines is 1. The number of halogens is 3. The van der Waals surface area contributed by atoms with Gasteiger partial charge in [-0.05, 0) is 55.9 Å². The van der Waals surface area contributed by atoms with Gasteiger partial charge < -0.3 is 5.73 Å². The fraction of sp³-hybridized carbons (Fsp3) is 0.136. The van der Waals surface area contributed by atoms with Gasteiger partial charge in [0.25, 0.3) is 0 Å². The second-order valence-corrected chi connectivity index (χ2v) is 9.52. The number of hydrogen-bond donors (Lipinski definition) is 1. The molecule has 0 bridgehead atoms. The van der Waals surface area contributed by atoms with Crippen LogP contribution < -0.4 is 5.73 Å². The maximum atomic E-state index is 14.2. The fourth-order valence-electron chi connectivity index (χ4n) is 3.68. The van der Waals surface area contributed by atoms with Gasteiger partial charge in [-0.2, -0.15) is 0 Å². The molecule has 0 aliphatic heterocycles. The summed E-state index contributed by atoms with van der Waals surface area (Å²) in [5.74, 6) is 0.171. The van der Waals surface area contributed by atoms with Gasteiger partial charge in [-0.1, -0.05) is 23.2 Å². The third-order valence-electron chi connectivity index (χ3n) is 5.21. The Morgan fingerprint density at radius 2 is 1.79 bits per heavy atom. The highest BCUT2D eigenvalue weighted by Gasteiger charge is 2.21. The molecule has 0 atom stereocenters. The van der Waals surface area contributed by atoms with Gasteiger partial charge in [-0.25, -0.2) is 14.4 Å². The van der Waals surface area contributed by atoms with Crippen molar-refractivity contribution in [3.05, 3.63) is 58.0 Å². The summed E-state index contributed by atoms with van der Waals surface area (Å²) in [6.07, 6.45) is 2.31. The Hall–Kier alpha value is -3.21. The van der Waals surface area contributed by atoms with E-state index in [-0.39, 0.29) is 12.0 Å². The second-order valence-electron chi connectivity index (χ2n) is 7.75. The molecule has 3 heterocycles. The summed E-state index contributed by atoms with van der Waals surface area (Å²) in [6.45, 7) is 3.91. The zero-order valence-electron chi connectivity index (χ0n) is 17.8. The largest absolute Gasteiger partial charge is 0.368 e. The first-order chi connectivity index (χ1) is 16.3. The normalized spacial score (nSPS) is 11.7. The van der Waals surface area contributed by atoms with Crippen molar-refractivity contribution in [2.45, 2.75) is 30.1 Å². The van der Waals surface area contributed by atoms with Crippen molar-refractivity contribution in [2.75, 3.05) is 5.73 Å². The van der Waals surface area contributed by atoms with E-state index in [9.17, 15) is 9.18 Å². The van der Waals surface area contributed by atoms with E-state index in [2.05, 4.69) is 10.2 Å². The minimum atomic E-state index is -0.450. The first kappa shape index (κ1) is 22.6. The van der Waals surface area contributed by atoms with Gasteiger partial charge in [-0.15, -0.1) is 10.2 Å². The molecular formula is C22H16Cl2FN7OS. The monoisotopic (exact) mass is 515 g/mol. The van der Waals surface area contributed by atoms with E-state index < -0.39 is 5.82 Å². The lowest BCUT2D eigenvalue weighted by atomic mass is 10.2. The summed E-state index contributed by atoms with van der Waals surface area (Å²) in [5, 5.41) is 10.3. The first-order valence-corrected chi connectivity index (χ1v) is 11.6. The summed E-state index contributed by atoms with van der Waals surface area (Å²) >= 11 is 13.6. The summed E-state index contributed by atoms with van der Waals surface area (Å²) in [6, 6.07) is 7.41. The standard InChI is InChI=1S/C22H16Cl2FN7OS/c1-10(2)32-21(26)29-30-22(32)34-20-19(27-16-6-14(23)15(24)7-17(16)28-20)31-8-11(9-33)13-4-3-12(25)5-18(13)31/h3-10H,1-2H3,(H2,26,29). The number of nitrogens with zero attached hydrogens (tertiary/aromatic N) is 6. The number of hydrogen-bond acceptors (Lipinski definition) is 7. The molecule has 0 aliphatic carbocycles. The molecule has 2 N–H and O–H groups in total. The third kappa shape index (κ3) is 3.77. The van der Waals surface area contributed by atoms with E-state index in [0.29, 0.717) is 59.8 Å². The zero-order chi connectivity index (χ0) is 24.1. The van der Waals surface area contributed by atoms with E-state index >= 15 is 0 Å². The van der Waals surface area contributed by atoms with Crippen molar-refractivity contribution in [2.24, 2.45) is 0 Å². The average molecular weight is 516 g/mol. The number of aldehydes is 1. The van der Waals surface area contributed by atoms with Crippen molar-refractivity contribution in [3.8, 4) is 5.82 Å². The van der Waals surface area contributed by atoms with Crippen LogP contribution in [-0.4, -0.2) is 35.6 Å². The van der Waals surface area contributed by atoms with Gasteiger partial charge in [0.05, 0.1) is 26.6 Å². The lowest BCUT2D eigenvalue weighted by Crippen LogP contribution is -2.08. The Kier molecular flexibility index (Phi) is 5.67. The molecule has 0 radical (unpaired) electrons. The average Bonchev–Trinajstić information content (AvgIpc) is 3.34. The molecule has 2 aromatic carbocycles. The van der Waals surface area contributed by atoms with E-state index in [0.717, 1.165) is 0 Å². The van der Waals surface area contributed by atoms with Gasteiger partial charge in [0.15, 0.2) is 17.3 Å². The van der Waals surface area contributed by atoms with Crippen molar-refractivity contribution >= 4 is 69.1 Å². The molecule has 5 rings (SSSR count). The number of nitrogen functional groups attached to an aromatic ring is 1. The smallest absolute Gasteiger partial charge is 0.222 e. The zero-order valence-corrected chi connectivity index (χ0v) is 20.2. The number of rotatable bonds is 5. The Morgan fingerprint density at radius 3 is 2.47 bits per heavy atom. The van der Waals surface area contributed by atoms with Gasteiger partial charge in [0.1, 0.15) is 10.8 Å². The van der Waals surface area contributed by atoms with Crippen molar-refractivity contribution in [1.82, 2.24) is 29.3 Å². The number of aromatic nitrogens is 6. The molecule has 0 saturated heterocycles. The molecule has 12 heteroatoms. The van der Waals surface area contributed by atoms with Crippen molar-refractivity contribution in [3.63, 3.8) is 0 Å². The summed E-state index contributed by atoms with van der Waals surface area (Å²) in [4.78, 5) is 21.2. The quantitative estimate of drug-likeness (QED) is 0.297. The number of benzene rings is 2. The molecule has 34 heavy (non-hydrogen) atoms. The molecule has 8 nitrogen and oxygen atoms in total. The second kappa shape index (κ2) is 8.53.